The van der Waals surface area contributed by atoms with Crippen molar-refractivity contribution in [1.82, 2.24) is 10.2 Å². The van der Waals surface area contributed by atoms with Crippen LogP contribution in [-0.4, -0.2) is 36.0 Å². The molecule has 24 heavy (non-hydrogen) atoms. The fourth-order valence-corrected chi connectivity index (χ4v) is 2.70. The van der Waals surface area contributed by atoms with Crippen molar-refractivity contribution in [3.8, 4) is 0 Å². The summed E-state index contributed by atoms with van der Waals surface area (Å²) in [6, 6.07) is 18.7. The van der Waals surface area contributed by atoms with Crippen LogP contribution in [0.2, 0.25) is 0 Å². The molecule has 1 aliphatic heterocycles. The minimum Gasteiger partial charge on any atom is -0.369 e. The molecule has 0 radical (unpaired) electrons. The Morgan fingerprint density at radius 3 is 2.33 bits per heavy atom. The van der Waals surface area contributed by atoms with Gasteiger partial charge in [-0.1, -0.05) is 60.7 Å². The summed E-state index contributed by atoms with van der Waals surface area (Å²) in [5.41, 5.74) is 2.01. The van der Waals surface area contributed by atoms with Gasteiger partial charge in [0.15, 0.2) is 0 Å². The number of ether oxygens (including phenoxy) is 1. The predicted octanol–water partition coefficient (Wildman–Crippen LogP) is 1.73. The molecule has 1 atom stereocenters. The number of hydrogen-bond acceptors (Lipinski definition) is 3. The van der Waals surface area contributed by atoms with Gasteiger partial charge in [-0.15, -0.1) is 0 Å². The Morgan fingerprint density at radius 1 is 1.04 bits per heavy atom. The van der Waals surface area contributed by atoms with Gasteiger partial charge in [0.1, 0.15) is 12.6 Å². The number of carbonyl (C=O) groups is 2. The molecule has 5 nitrogen and oxygen atoms in total. The molecule has 2 aromatic rings. The van der Waals surface area contributed by atoms with E-state index in [0.29, 0.717) is 13.1 Å². The Labute approximate surface area is 141 Å². The Kier molecular flexibility index (Phi) is 5.23. The lowest BCUT2D eigenvalue weighted by molar-refractivity contribution is -0.155. The quantitative estimate of drug-likeness (QED) is 0.911. The Hall–Kier alpha value is -2.66. The number of benzene rings is 2. The first-order chi connectivity index (χ1) is 11.7. The number of morpholine rings is 1. The lowest BCUT2D eigenvalue weighted by Gasteiger charge is -2.34. The summed E-state index contributed by atoms with van der Waals surface area (Å²) in [7, 11) is 0. The topological polar surface area (TPSA) is 58.6 Å². The molecule has 1 saturated heterocycles. The molecule has 3 rings (SSSR count). The van der Waals surface area contributed by atoms with Gasteiger partial charge in [0.25, 0.3) is 0 Å². The minimum atomic E-state index is -0.602. The Bertz CT molecular complexity index is 688. The monoisotopic (exact) mass is 324 g/mol. The van der Waals surface area contributed by atoms with E-state index in [0.717, 1.165) is 11.1 Å². The summed E-state index contributed by atoms with van der Waals surface area (Å²) in [5, 5.41) is 2.89. The molecule has 124 valence electrons. The van der Waals surface area contributed by atoms with Crippen molar-refractivity contribution in [1.29, 1.82) is 0 Å². The lowest BCUT2D eigenvalue weighted by atomic mass is 10.1. The molecule has 5 heteroatoms. The van der Waals surface area contributed by atoms with E-state index >= 15 is 0 Å². The predicted molar refractivity (Wildman–Crippen MR) is 89.9 cm³/mol. The molecular formula is C19H20N2O3. The zero-order valence-electron chi connectivity index (χ0n) is 13.4. The lowest BCUT2D eigenvalue weighted by Crippen LogP contribution is -2.55. The van der Waals surface area contributed by atoms with Crippen LogP contribution >= 0.6 is 0 Å². The summed E-state index contributed by atoms with van der Waals surface area (Å²) >= 11 is 0. The molecule has 1 N–H and O–H groups in total. The van der Waals surface area contributed by atoms with Gasteiger partial charge >= 0.3 is 0 Å². The van der Waals surface area contributed by atoms with Gasteiger partial charge in [0.2, 0.25) is 11.8 Å². The highest BCUT2D eigenvalue weighted by Crippen LogP contribution is 2.14. The highest BCUT2D eigenvalue weighted by Gasteiger charge is 2.33. The third-order valence-electron chi connectivity index (χ3n) is 4.01. The minimum absolute atomic E-state index is 0.0231. The number of rotatable bonds is 5. The van der Waals surface area contributed by atoms with E-state index in [-0.39, 0.29) is 25.0 Å². The molecule has 0 spiro atoms. The van der Waals surface area contributed by atoms with Crippen molar-refractivity contribution in [2.24, 2.45) is 0 Å². The molecule has 1 heterocycles. The summed E-state index contributed by atoms with van der Waals surface area (Å²) in [6.07, 6.45) is 0. The van der Waals surface area contributed by atoms with Crippen LogP contribution in [0.15, 0.2) is 60.7 Å². The summed E-state index contributed by atoms with van der Waals surface area (Å²) in [4.78, 5) is 26.3. The van der Waals surface area contributed by atoms with Crippen LogP contribution in [0.5, 0.6) is 0 Å². The van der Waals surface area contributed by atoms with Gasteiger partial charge in [-0.25, -0.2) is 0 Å². The Balaban J connectivity index is 1.66. The summed E-state index contributed by atoms with van der Waals surface area (Å²) in [6.45, 7) is 1.09. The molecule has 0 aromatic heterocycles. The zero-order valence-corrected chi connectivity index (χ0v) is 13.4. The molecular weight excluding hydrogens is 304 g/mol. The van der Waals surface area contributed by atoms with Crippen LogP contribution in [0.1, 0.15) is 11.1 Å². The number of nitrogens with zero attached hydrogens (tertiary/aromatic N) is 1. The van der Waals surface area contributed by atoms with Gasteiger partial charge in [0, 0.05) is 13.1 Å². The van der Waals surface area contributed by atoms with E-state index in [2.05, 4.69) is 5.32 Å². The average molecular weight is 324 g/mol. The first-order valence-electron chi connectivity index (χ1n) is 7.97. The smallest absolute Gasteiger partial charge is 0.249 e. The molecule has 2 amide bonds. The van der Waals surface area contributed by atoms with Crippen LogP contribution < -0.4 is 5.32 Å². The van der Waals surface area contributed by atoms with E-state index in [1.54, 1.807) is 4.90 Å². The third-order valence-corrected chi connectivity index (χ3v) is 4.01. The molecule has 1 fully saturated rings. The fourth-order valence-electron chi connectivity index (χ4n) is 2.70. The van der Waals surface area contributed by atoms with Crippen LogP contribution in [0, 0.1) is 0 Å². The fraction of sp³-hybridized carbons (Fsp3) is 0.263. The summed E-state index contributed by atoms with van der Waals surface area (Å²) < 4.78 is 5.28. The molecule has 2 aromatic carbocycles. The van der Waals surface area contributed by atoms with E-state index < -0.39 is 6.04 Å². The number of hydrogen-bond donors (Lipinski definition) is 1. The second kappa shape index (κ2) is 7.75. The van der Waals surface area contributed by atoms with Gasteiger partial charge in [-0.3, -0.25) is 9.59 Å². The maximum atomic E-state index is 12.5. The average Bonchev–Trinajstić information content (AvgIpc) is 2.63. The van der Waals surface area contributed by atoms with Crippen molar-refractivity contribution < 1.29 is 14.3 Å². The maximum absolute atomic E-state index is 12.5. The van der Waals surface area contributed by atoms with Crippen LogP contribution in [0.25, 0.3) is 0 Å². The SMILES string of the molecule is O=C(NCc1ccccc1)[C@@H]1COCC(=O)N1Cc1ccccc1. The van der Waals surface area contributed by atoms with E-state index in [4.69, 9.17) is 4.74 Å². The first-order valence-corrected chi connectivity index (χ1v) is 7.97. The van der Waals surface area contributed by atoms with Crippen molar-refractivity contribution in [3.63, 3.8) is 0 Å². The zero-order chi connectivity index (χ0) is 16.8. The first kappa shape index (κ1) is 16.2. The van der Waals surface area contributed by atoms with Crippen molar-refractivity contribution in [2.75, 3.05) is 13.2 Å². The molecule has 0 bridgehead atoms. The summed E-state index contributed by atoms with van der Waals surface area (Å²) in [5.74, 6) is -0.354. The molecule has 0 aliphatic carbocycles. The van der Waals surface area contributed by atoms with Crippen LogP contribution in [0.3, 0.4) is 0 Å². The maximum Gasteiger partial charge on any atom is 0.249 e. The molecule has 0 saturated carbocycles. The highest BCUT2D eigenvalue weighted by atomic mass is 16.5. The van der Waals surface area contributed by atoms with Crippen molar-refractivity contribution in [3.05, 3.63) is 71.8 Å². The molecule has 0 unspecified atom stereocenters. The third kappa shape index (κ3) is 4.00. The van der Waals surface area contributed by atoms with Crippen LogP contribution in [0.4, 0.5) is 0 Å². The van der Waals surface area contributed by atoms with Crippen LogP contribution in [-0.2, 0) is 27.4 Å². The van der Waals surface area contributed by atoms with E-state index in [9.17, 15) is 9.59 Å². The van der Waals surface area contributed by atoms with Crippen molar-refractivity contribution >= 4 is 11.8 Å². The molecule has 1 aliphatic rings. The van der Waals surface area contributed by atoms with Gasteiger partial charge < -0.3 is 15.0 Å². The highest BCUT2D eigenvalue weighted by molar-refractivity contribution is 5.89. The normalized spacial score (nSPS) is 17.6. The van der Waals surface area contributed by atoms with E-state index in [1.807, 2.05) is 60.7 Å². The second-order valence-electron chi connectivity index (χ2n) is 5.74. The number of nitrogens with one attached hydrogen (secondary N) is 1. The largest absolute Gasteiger partial charge is 0.369 e. The van der Waals surface area contributed by atoms with Gasteiger partial charge in [0.05, 0.1) is 6.61 Å². The van der Waals surface area contributed by atoms with E-state index in [1.165, 1.54) is 0 Å². The number of amides is 2. The second-order valence-corrected chi connectivity index (χ2v) is 5.74. The Morgan fingerprint density at radius 2 is 1.67 bits per heavy atom. The number of carbonyl (C=O) groups excluding carboxylic acids is 2. The van der Waals surface area contributed by atoms with Crippen molar-refractivity contribution in [2.45, 2.75) is 19.1 Å². The standard InChI is InChI=1S/C19H20N2O3/c22-18-14-24-13-17(21(18)12-16-9-5-2-6-10-16)19(23)20-11-15-7-3-1-4-8-15/h1-10,17H,11-14H2,(H,20,23)/t17-/m0/s1. The van der Waals surface area contributed by atoms with Gasteiger partial charge in [-0.2, -0.15) is 0 Å². The van der Waals surface area contributed by atoms with Gasteiger partial charge in [-0.05, 0) is 11.1 Å².